The monoisotopic (exact) mass is 374 g/mol. The van der Waals surface area contributed by atoms with Gasteiger partial charge in [0.2, 0.25) is 16.8 Å². The number of amides is 1. The van der Waals surface area contributed by atoms with Gasteiger partial charge in [-0.05, 0) is 48.7 Å². The van der Waals surface area contributed by atoms with Crippen molar-refractivity contribution in [3.05, 3.63) is 47.5 Å². The van der Waals surface area contributed by atoms with Gasteiger partial charge in [0, 0.05) is 17.8 Å². The maximum absolute atomic E-state index is 12.5. The molecule has 8 heteroatoms. The number of ether oxygens (including phenoxy) is 2. The van der Waals surface area contributed by atoms with Crippen molar-refractivity contribution in [3.63, 3.8) is 0 Å². The van der Waals surface area contributed by atoms with Gasteiger partial charge in [0.1, 0.15) is 0 Å². The SMILES string of the molecule is CS(=O)(=O)N1CCCc2ccc(NC(=O)c3ccc4c(c3)OCO4)cc21. The van der Waals surface area contributed by atoms with E-state index in [2.05, 4.69) is 5.32 Å². The van der Waals surface area contributed by atoms with E-state index in [-0.39, 0.29) is 12.7 Å². The van der Waals surface area contributed by atoms with Crippen LogP contribution in [0.2, 0.25) is 0 Å². The van der Waals surface area contributed by atoms with Gasteiger partial charge in [-0.25, -0.2) is 8.42 Å². The lowest BCUT2D eigenvalue weighted by Gasteiger charge is -2.29. The molecule has 1 N–H and O–H groups in total. The Hall–Kier alpha value is -2.74. The number of fused-ring (bicyclic) bond motifs is 2. The Morgan fingerprint density at radius 3 is 2.73 bits per heavy atom. The smallest absolute Gasteiger partial charge is 0.255 e. The molecular weight excluding hydrogens is 356 g/mol. The third-order valence-electron chi connectivity index (χ3n) is 4.45. The van der Waals surface area contributed by atoms with Crippen LogP contribution in [0, 0.1) is 0 Å². The van der Waals surface area contributed by atoms with Crippen LogP contribution in [0.4, 0.5) is 11.4 Å². The summed E-state index contributed by atoms with van der Waals surface area (Å²) in [6, 6.07) is 10.3. The molecule has 0 unspecified atom stereocenters. The van der Waals surface area contributed by atoms with E-state index >= 15 is 0 Å². The fourth-order valence-electron chi connectivity index (χ4n) is 3.20. The predicted molar refractivity (Wildman–Crippen MR) is 97.5 cm³/mol. The Kier molecular flexibility index (Phi) is 3.99. The zero-order chi connectivity index (χ0) is 18.3. The van der Waals surface area contributed by atoms with Crippen molar-refractivity contribution >= 4 is 27.3 Å². The van der Waals surface area contributed by atoms with Gasteiger partial charge < -0.3 is 14.8 Å². The number of nitrogens with one attached hydrogen (secondary N) is 1. The number of nitrogens with zero attached hydrogens (tertiary/aromatic N) is 1. The number of hydrogen-bond donors (Lipinski definition) is 1. The fraction of sp³-hybridized carbons (Fsp3) is 0.278. The van der Waals surface area contributed by atoms with E-state index in [1.54, 1.807) is 30.3 Å². The molecule has 26 heavy (non-hydrogen) atoms. The molecule has 0 aromatic heterocycles. The molecule has 0 aliphatic carbocycles. The van der Waals surface area contributed by atoms with E-state index in [1.165, 1.54) is 10.6 Å². The van der Waals surface area contributed by atoms with Gasteiger partial charge >= 0.3 is 0 Å². The highest BCUT2D eigenvalue weighted by molar-refractivity contribution is 7.92. The molecule has 0 fully saturated rings. The van der Waals surface area contributed by atoms with Crippen LogP contribution in [0.3, 0.4) is 0 Å². The second kappa shape index (κ2) is 6.21. The standard InChI is InChI=1S/C18H18N2O5S/c1-26(22,23)20-8-2-3-12-4-6-14(10-15(12)20)19-18(21)13-5-7-16-17(9-13)25-11-24-16/h4-7,9-10H,2-3,8,11H2,1H3,(H,19,21). The summed E-state index contributed by atoms with van der Waals surface area (Å²) in [6.45, 7) is 0.595. The molecule has 0 spiro atoms. The molecule has 136 valence electrons. The quantitative estimate of drug-likeness (QED) is 0.892. The summed E-state index contributed by atoms with van der Waals surface area (Å²) in [5.74, 6) is 0.843. The molecule has 0 atom stereocenters. The van der Waals surface area contributed by atoms with E-state index in [1.807, 2.05) is 6.07 Å². The van der Waals surface area contributed by atoms with Gasteiger partial charge in [0.15, 0.2) is 11.5 Å². The fourth-order valence-corrected chi connectivity index (χ4v) is 4.19. The molecule has 0 bridgehead atoms. The first-order valence-electron chi connectivity index (χ1n) is 8.23. The number of aryl methyl sites for hydroxylation is 1. The largest absolute Gasteiger partial charge is 0.454 e. The molecular formula is C18H18N2O5S. The van der Waals surface area contributed by atoms with Gasteiger partial charge in [-0.3, -0.25) is 9.10 Å². The van der Waals surface area contributed by atoms with Crippen LogP contribution in [0.1, 0.15) is 22.3 Å². The van der Waals surface area contributed by atoms with Gasteiger partial charge in [-0.1, -0.05) is 6.07 Å². The lowest BCUT2D eigenvalue weighted by Crippen LogP contribution is -2.34. The lowest BCUT2D eigenvalue weighted by atomic mass is 10.0. The van der Waals surface area contributed by atoms with Crippen molar-refractivity contribution in [2.24, 2.45) is 0 Å². The summed E-state index contributed by atoms with van der Waals surface area (Å²) in [5, 5.41) is 2.81. The van der Waals surface area contributed by atoms with Crippen LogP contribution in [0.5, 0.6) is 11.5 Å². The highest BCUT2D eigenvalue weighted by Crippen LogP contribution is 2.34. The molecule has 4 rings (SSSR count). The van der Waals surface area contributed by atoms with Gasteiger partial charge in [-0.15, -0.1) is 0 Å². The first kappa shape index (κ1) is 16.7. The predicted octanol–water partition coefficient (Wildman–Crippen LogP) is 2.38. The molecule has 1 amide bonds. The van der Waals surface area contributed by atoms with Crippen molar-refractivity contribution in [1.82, 2.24) is 0 Å². The number of anilines is 2. The summed E-state index contributed by atoms with van der Waals surface area (Å²) in [6.07, 6.45) is 2.79. The van der Waals surface area contributed by atoms with E-state index < -0.39 is 10.0 Å². The molecule has 2 aliphatic heterocycles. The number of sulfonamides is 1. The van der Waals surface area contributed by atoms with Gasteiger partial charge in [0.05, 0.1) is 11.9 Å². The normalized spacial score (nSPS) is 15.5. The Morgan fingerprint density at radius 1 is 1.12 bits per heavy atom. The molecule has 0 radical (unpaired) electrons. The Morgan fingerprint density at radius 2 is 1.92 bits per heavy atom. The van der Waals surface area contributed by atoms with Gasteiger partial charge in [-0.2, -0.15) is 0 Å². The Labute approximate surface area is 151 Å². The second-order valence-corrected chi connectivity index (χ2v) is 8.21. The average Bonchev–Trinajstić information content (AvgIpc) is 3.08. The van der Waals surface area contributed by atoms with E-state index in [4.69, 9.17) is 9.47 Å². The van der Waals surface area contributed by atoms with Crippen LogP contribution >= 0.6 is 0 Å². The molecule has 2 aliphatic rings. The molecule has 0 saturated heterocycles. The topological polar surface area (TPSA) is 84.9 Å². The second-order valence-electron chi connectivity index (χ2n) is 6.30. The number of rotatable bonds is 3. The van der Waals surface area contributed by atoms with Crippen molar-refractivity contribution in [3.8, 4) is 11.5 Å². The molecule has 2 heterocycles. The van der Waals surface area contributed by atoms with Crippen LogP contribution in [0.15, 0.2) is 36.4 Å². The zero-order valence-corrected chi connectivity index (χ0v) is 15.0. The van der Waals surface area contributed by atoms with Crippen LogP contribution in [-0.4, -0.2) is 33.9 Å². The minimum Gasteiger partial charge on any atom is -0.454 e. The van der Waals surface area contributed by atoms with Crippen molar-refractivity contribution in [2.45, 2.75) is 12.8 Å². The number of hydrogen-bond acceptors (Lipinski definition) is 5. The summed E-state index contributed by atoms with van der Waals surface area (Å²) < 4.78 is 36.0. The number of carbonyl (C=O) groups excluding carboxylic acids is 1. The summed E-state index contributed by atoms with van der Waals surface area (Å²) in [7, 11) is -3.35. The number of benzene rings is 2. The maximum atomic E-state index is 12.5. The van der Waals surface area contributed by atoms with Gasteiger partial charge in [0.25, 0.3) is 5.91 Å². The third-order valence-corrected chi connectivity index (χ3v) is 5.63. The zero-order valence-electron chi connectivity index (χ0n) is 14.2. The van der Waals surface area contributed by atoms with Crippen LogP contribution in [-0.2, 0) is 16.4 Å². The summed E-state index contributed by atoms with van der Waals surface area (Å²) in [5.41, 5.74) is 2.57. The Balaban J connectivity index is 1.60. The molecule has 7 nitrogen and oxygen atoms in total. The lowest BCUT2D eigenvalue weighted by molar-refractivity contribution is 0.102. The maximum Gasteiger partial charge on any atom is 0.255 e. The highest BCUT2D eigenvalue weighted by Gasteiger charge is 2.24. The number of carbonyl (C=O) groups is 1. The van der Waals surface area contributed by atoms with E-state index in [9.17, 15) is 13.2 Å². The van der Waals surface area contributed by atoms with E-state index in [0.29, 0.717) is 35.0 Å². The van der Waals surface area contributed by atoms with E-state index in [0.717, 1.165) is 18.4 Å². The average molecular weight is 374 g/mol. The third kappa shape index (κ3) is 3.08. The molecule has 0 saturated carbocycles. The summed E-state index contributed by atoms with van der Waals surface area (Å²) >= 11 is 0. The minimum atomic E-state index is -3.35. The Bertz CT molecular complexity index is 987. The minimum absolute atomic E-state index is 0.145. The summed E-state index contributed by atoms with van der Waals surface area (Å²) in [4.78, 5) is 12.5. The van der Waals surface area contributed by atoms with Crippen LogP contribution < -0.4 is 19.1 Å². The van der Waals surface area contributed by atoms with Crippen molar-refractivity contribution < 1.29 is 22.7 Å². The first-order valence-corrected chi connectivity index (χ1v) is 10.1. The van der Waals surface area contributed by atoms with Crippen molar-refractivity contribution in [2.75, 3.05) is 29.2 Å². The van der Waals surface area contributed by atoms with Crippen molar-refractivity contribution in [1.29, 1.82) is 0 Å². The van der Waals surface area contributed by atoms with Crippen LogP contribution in [0.25, 0.3) is 0 Å². The first-order chi connectivity index (χ1) is 12.4. The molecule has 2 aromatic carbocycles. The highest BCUT2D eigenvalue weighted by atomic mass is 32.2. The molecule has 2 aromatic rings.